The van der Waals surface area contributed by atoms with Crippen molar-refractivity contribution in [3.8, 4) is 0 Å². The Balaban J connectivity index is 1.56. The van der Waals surface area contributed by atoms with Crippen molar-refractivity contribution in [3.05, 3.63) is 34.2 Å². The van der Waals surface area contributed by atoms with Gasteiger partial charge in [0.25, 0.3) is 5.91 Å². The monoisotopic (exact) mass is 262 g/mol. The van der Waals surface area contributed by atoms with Gasteiger partial charge < -0.3 is 15.2 Å². The van der Waals surface area contributed by atoms with E-state index in [0.29, 0.717) is 11.6 Å². The van der Waals surface area contributed by atoms with E-state index in [9.17, 15) is 9.59 Å². The van der Waals surface area contributed by atoms with Crippen LogP contribution in [0.2, 0.25) is 0 Å². The molecule has 2 fully saturated rings. The lowest BCUT2D eigenvalue weighted by atomic mass is 10.0. The summed E-state index contributed by atoms with van der Waals surface area (Å²) in [4.78, 5) is 29.9. The fourth-order valence-corrected chi connectivity index (χ4v) is 2.63. The van der Waals surface area contributed by atoms with Crippen LogP contribution >= 0.6 is 0 Å². The molecule has 2 N–H and O–H groups in total. The number of nitrogens with zero attached hydrogens (tertiary/aromatic N) is 2. The number of amides is 1. The summed E-state index contributed by atoms with van der Waals surface area (Å²) >= 11 is 0. The molecule has 0 aromatic carbocycles. The minimum absolute atomic E-state index is 0.00244. The SMILES string of the molecule is O=C(c1ccc(=O)[nH]c1)N1CC(N2CCNCC2)C1. The second kappa shape index (κ2) is 5.14. The van der Waals surface area contributed by atoms with Crippen LogP contribution < -0.4 is 10.9 Å². The summed E-state index contributed by atoms with van der Waals surface area (Å²) in [7, 11) is 0. The third kappa shape index (κ3) is 2.54. The molecule has 0 spiro atoms. The van der Waals surface area contributed by atoms with Gasteiger partial charge in [-0.2, -0.15) is 0 Å². The Morgan fingerprint density at radius 3 is 2.58 bits per heavy atom. The number of carbonyl (C=O) groups is 1. The van der Waals surface area contributed by atoms with Gasteiger partial charge in [-0.25, -0.2) is 0 Å². The highest BCUT2D eigenvalue weighted by Gasteiger charge is 2.35. The minimum Gasteiger partial charge on any atom is -0.335 e. The van der Waals surface area contributed by atoms with Gasteiger partial charge in [0.05, 0.1) is 5.56 Å². The van der Waals surface area contributed by atoms with Crippen molar-refractivity contribution in [2.24, 2.45) is 0 Å². The summed E-state index contributed by atoms with van der Waals surface area (Å²) in [6.45, 7) is 5.77. The first-order chi connectivity index (χ1) is 9.24. The number of hydrogen-bond acceptors (Lipinski definition) is 4. The van der Waals surface area contributed by atoms with Crippen LogP contribution in [0.3, 0.4) is 0 Å². The van der Waals surface area contributed by atoms with E-state index in [0.717, 1.165) is 39.3 Å². The van der Waals surface area contributed by atoms with E-state index >= 15 is 0 Å². The molecule has 0 saturated carbocycles. The van der Waals surface area contributed by atoms with E-state index in [1.807, 2.05) is 4.90 Å². The number of H-pyrrole nitrogens is 1. The lowest BCUT2D eigenvalue weighted by molar-refractivity contribution is 0.0227. The average Bonchev–Trinajstić information content (AvgIpc) is 2.39. The van der Waals surface area contributed by atoms with E-state index in [-0.39, 0.29) is 11.5 Å². The van der Waals surface area contributed by atoms with Gasteiger partial charge >= 0.3 is 0 Å². The molecule has 1 aromatic heterocycles. The molecule has 1 amide bonds. The Morgan fingerprint density at radius 1 is 1.21 bits per heavy atom. The van der Waals surface area contributed by atoms with Crippen LogP contribution in [-0.2, 0) is 0 Å². The van der Waals surface area contributed by atoms with E-state index in [1.54, 1.807) is 6.07 Å². The van der Waals surface area contributed by atoms with Crippen LogP contribution in [0.4, 0.5) is 0 Å². The van der Waals surface area contributed by atoms with E-state index in [2.05, 4.69) is 15.2 Å². The molecule has 3 rings (SSSR count). The van der Waals surface area contributed by atoms with Crippen molar-refractivity contribution < 1.29 is 4.79 Å². The highest BCUT2D eigenvalue weighted by molar-refractivity contribution is 5.94. The number of likely N-dealkylation sites (tertiary alicyclic amines) is 1. The summed E-state index contributed by atoms with van der Waals surface area (Å²) in [6, 6.07) is 3.47. The molecule has 0 bridgehead atoms. The molecule has 0 unspecified atom stereocenters. The zero-order valence-electron chi connectivity index (χ0n) is 10.8. The number of piperazine rings is 1. The largest absolute Gasteiger partial charge is 0.335 e. The van der Waals surface area contributed by atoms with Gasteiger partial charge in [0.1, 0.15) is 0 Å². The van der Waals surface area contributed by atoms with E-state index < -0.39 is 0 Å². The van der Waals surface area contributed by atoms with Gasteiger partial charge in [0.15, 0.2) is 0 Å². The molecule has 2 aliphatic rings. The van der Waals surface area contributed by atoms with Gasteiger partial charge in [0.2, 0.25) is 5.56 Å². The first-order valence-corrected chi connectivity index (χ1v) is 6.67. The lowest BCUT2D eigenvalue weighted by Gasteiger charge is -2.46. The van der Waals surface area contributed by atoms with Crippen LogP contribution in [0.1, 0.15) is 10.4 Å². The molecule has 6 nitrogen and oxygen atoms in total. The molecule has 2 aliphatic heterocycles. The number of aromatic nitrogens is 1. The molecule has 2 saturated heterocycles. The zero-order valence-corrected chi connectivity index (χ0v) is 10.8. The van der Waals surface area contributed by atoms with Crippen LogP contribution in [0.5, 0.6) is 0 Å². The third-order valence-electron chi connectivity index (χ3n) is 3.85. The quantitative estimate of drug-likeness (QED) is 0.725. The van der Waals surface area contributed by atoms with Crippen molar-refractivity contribution in [3.63, 3.8) is 0 Å². The van der Waals surface area contributed by atoms with Crippen LogP contribution in [-0.4, -0.2) is 66.0 Å². The molecule has 0 atom stereocenters. The van der Waals surface area contributed by atoms with Gasteiger partial charge in [-0.05, 0) is 6.07 Å². The van der Waals surface area contributed by atoms with Crippen LogP contribution in [0, 0.1) is 0 Å². The molecular formula is C13H18N4O2. The summed E-state index contributed by atoms with van der Waals surface area (Å²) in [5, 5.41) is 3.33. The zero-order chi connectivity index (χ0) is 13.2. The number of hydrogen-bond donors (Lipinski definition) is 2. The van der Waals surface area contributed by atoms with Gasteiger partial charge in [0, 0.05) is 57.6 Å². The van der Waals surface area contributed by atoms with E-state index in [4.69, 9.17) is 0 Å². The summed E-state index contributed by atoms with van der Waals surface area (Å²) in [5.41, 5.74) is 0.372. The predicted octanol–water partition coefficient (Wildman–Crippen LogP) is -0.895. The maximum Gasteiger partial charge on any atom is 0.255 e. The Bertz CT molecular complexity index is 495. The standard InChI is InChI=1S/C13H18N4O2/c18-12-2-1-10(7-15-12)13(19)17-8-11(9-17)16-5-3-14-4-6-16/h1-2,7,11,14H,3-6,8-9H2,(H,15,18). The first kappa shape index (κ1) is 12.4. The number of aromatic amines is 1. The second-order valence-electron chi connectivity index (χ2n) is 5.09. The number of nitrogens with one attached hydrogen (secondary N) is 2. The molecule has 0 radical (unpaired) electrons. The smallest absolute Gasteiger partial charge is 0.255 e. The average molecular weight is 262 g/mol. The predicted molar refractivity (Wildman–Crippen MR) is 71.2 cm³/mol. The highest BCUT2D eigenvalue weighted by Crippen LogP contribution is 2.17. The lowest BCUT2D eigenvalue weighted by Crippen LogP contribution is -2.63. The first-order valence-electron chi connectivity index (χ1n) is 6.67. The number of rotatable bonds is 2. The normalized spacial score (nSPS) is 21.2. The fourth-order valence-electron chi connectivity index (χ4n) is 2.63. The van der Waals surface area contributed by atoms with Crippen molar-refractivity contribution in [2.75, 3.05) is 39.3 Å². The summed E-state index contributed by atoms with van der Waals surface area (Å²) in [6.07, 6.45) is 1.49. The van der Waals surface area contributed by atoms with Crippen molar-refractivity contribution >= 4 is 5.91 Å². The van der Waals surface area contributed by atoms with Crippen molar-refractivity contribution in [1.82, 2.24) is 20.1 Å². The van der Waals surface area contributed by atoms with Gasteiger partial charge in [-0.3, -0.25) is 14.5 Å². The molecule has 1 aromatic rings. The van der Waals surface area contributed by atoms with Gasteiger partial charge in [-0.15, -0.1) is 0 Å². The molecular weight excluding hydrogens is 244 g/mol. The molecule has 6 heteroatoms. The van der Waals surface area contributed by atoms with Crippen molar-refractivity contribution in [2.45, 2.75) is 6.04 Å². The third-order valence-corrected chi connectivity index (χ3v) is 3.85. The Morgan fingerprint density at radius 2 is 1.95 bits per heavy atom. The van der Waals surface area contributed by atoms with E-state index in [1.165, 1.54) is 12.3 Å². The molecule has 0 aliphatic carbocycles. The maximum atomic E-state index is 12.1. The minimum atomic E-state index is -0.182. The number of carbonyl (C=O) groups excluding carboxylic acids is 1. The molecule has 19 heavy (non-hydrogen) atoms. The summed E-state index contributed by atoms with van der Waals surface area (Å²) in [5.74, 6) is 0.00244. The highest BCUT2D eigenvalue weighted by atomic mass is 16.2. The van der Waals surface area contributed by atoms with Crippen molar-refractivity contribution in [1.29, 1.82) is 0 Å². The second-order valence-corrected chi connectivity index (χ2v) is 5.09. The Hall–Kier alpha value is -1.66. The number of pyridine rings is 1. The molecule has 102 valence electrons. The Kier molecular flexibility index (Phi) is 3.35. The topological polar surface area (TPSA) is 68.4 Å². The fraction of sp³-hybridized carbons (Fsp3) is 0.538. The Labute approximate surface area is 111 Å². The van der Waals surface area contributed by atoms with Crippen LogP contribution in [0.15, 0.2) is 23.1 Å². The maximum absolute atomic E-state index is 12.1. The van der Waals surface area contributed by atoms with Crippen LogP contribution in [0.25, 0.3) is 0 Å². The summed E-state index contributed by atoms with van der Waals surface area (Å²) < 4.78 is 0. The molecule has 3 heterocycles. The van der Waals surface area contributed by atoms with Gasteiger partial charge in [-0.1, -0.05) is 0 Å².